The van der Waals surface area contributed by atoms with Gasteiger partial charge in [-0.05, 0) is 12.1 Å². The van der Waals surface area contributed by atoms with Gasteiger partial charge in [-0.2, -0.15) is 13.2 Å². The van der Waals surface area contributed by atoms with Crippen LogP contribution in [0.15, 0.2) is 29.4 Å². The lowest BCUT2D eigenvalue weighted by molar-refractivity contribution is -0.141. The molecule has 0 spiro atoms. The predicted octanol–water partition coefficient (Wildman–Crippen LogP) is 0.778. The van der Waals surface area contributed by atoms with E-state index < -0.39 is 31.8 Å². The number of halogens is 3. The van der Waals surface area contributed by atoms with Crippen molar-refractivity contribution in [2.24, 2.45) is 10.9 Å². The molecule has 4 N–H and O–H groups in total. The molecule has 1 aromatic rings. The number of hydrogen-bond acceptors (Lipinski definition) is 4. The van der Waals surface area contributed by atoms with E-state index in [1.807, 2.05) is 0 Å². The molecule has 0 unspecified atom stereocenters. The van der Waals surface area contributed by atoms with Gasteiger partial charge in [-0.1, -0.05) is 17.3 Å². The molecule has 0 aromatic heterocycles. The summed E-state index contributed by atoms with van der Waals surface area (Å²) >= 11 is 0. The second kappa shape index (κ2) is 6.93. The fourth-order valence-corrected chi connectivity index (χ4v) is 1.64. The fourth-order valence-electron chi connectivity index (χ4n) is 1.64. The van der Waals surface area contributed by atoms with E-state index in [-0.39, 0.29) is 17.0 Å². The maximum absolute atomic E-state index is 12.4. The van der Waals surface area contributed by atoms with Crippen LogP contribution in [0, 0.1) is 0 Å². The Labute approximate surface area is 118 Å². The van der Waals surface area contributed by atoms with Crippen molar-refractivity contribution in [1.82, 2.24) is 4.90 Å². The number of carbonyl (C=O) groups excluding carboxylic acids is 1. The largest absolute Gasteiger partial charge is 0.409 e. The minimum Gasteiger partial charge on any atom is -0.409 e. The van der Waals surface area contributed by atoms with Crippen molar-refractivity contribution < 1.29 is 28.3 Å². The lowest BCUT2D eigenvalue weighted by Gasteiger charge is -2.23. The van der Waals surface area contributed by atoms with Crippen molar-refractivity contribution in [3.05, 3.63) is 35.4 Å². The Bertz CT molecular complexity index is 532. The predicted molar refractivity (Wildman–Crippen MR) is 68.0 cm³/mol. The van der Waals surface area contributed by atoms with E-state index in [2.05, 4.69) is 5.16 Å². The third-order valence-electron chi connectivity index (χ3n) is 2.54. The van der Waals surface area contributed by atoms with Crippen molar-refractivity contribution in [1.29, 1.82) is 0 Å². The Hall–Kier alpha value is -2.29. The molecular formula is C12H14F3N3O3. The highest BCUT2D eigenvalue weighted by Crippen LogP contribution is 2.18. The highest BCUT2D eigenvalue weighted by molar-refractivity contribution is 6.01. The van der Waals surface area contributed by atoms with Crippen LogP contribution in [0.25, 0.3) is 0 Å². The van der Waals surface area contributed by atoms with Crippen molar-refractivity contribution in [2.45, 2.75) is 6.18 Å². The highest BCUT2D eigenvalue weighted by atomic mass is 19.4. The fraction of sp³-hybridized carbons (Fsp3) is 0.333. The van der Waals surface area contributed by atoms with Gasteiger partial charge in [0.25, 0.3) is 5.91 Å². The molecule has 0 radical (unpaired) electrons. The summed E-state index contributed by atoms with van der Waals surface area (Å²) in [7, 11) is 0. The molecule has 1 rings (SSSR count). The molecule has 0 aliphatic rings. The summed E-state index contributed by atoms with van der Waals surface area (Å²) in [6, 6.07) is 5.34. The zero-order valence-corrected chi connectivity index (χ0v) is 10.8. The summed E-state index contributed by atoms with van der Waals surface area (Å²) in [5.74, 6) is -1.18. The second-order valence-electron chi connectivity index (χ2n) is 4.13. The average molecular weight is 305 g/mol. The minimum atomic E-state index is -4.58. The van der Waals surface area contributed by atoms with E-state index in [4.69, 9.17) is 16.0 Å². The summed E-state index contributed by atoms with van der Waals surface area (Å²) in [5, 5.41) is 20.1. The van der Waals surface area contributed by atoms with E-state index >= 15 is 0 Å². The molecular weight excluding hydrogens is 291 g/mol. The van der Waals surface area contributed by atoms with Gasteiger partial charge in [0.1, 0.15) is 6.54 Å². The molecule has 0 heterocycles. The van der Waals surface area contributed by atoms with Gasteiger partial charge in [0, 0.05) is 17.7 Å². The van der Waals surface area contributed by atoms with Crippen LogP contribution in [0.3, 0.4) is 0 Å². The highest BCUT2D eigenvalue weighted by Gasteiger charge is 2.33. The van der Waals surface area contributed by atoms with Gasteiger partial charge in [-0.25, -0.2) is 0 Å². The number of alkyl halides is 3. The normalized spacial score (nSPS) is 12.3. The number of carbonyl (C=O) groups is 1. The molecule has 21 heavy (non-hydrogen) atoms. The number of nitrogens with zero attached hydrogens (tertiary/aromatic N) is 2. The Balaban J connectivity index is 3.03. The van der Waals surface area contributed by atoms with Gasteiger partial charge < -0.3 is 20.9 Å². The molecule has 1 amide bonds. The topological polar surface area (TPSA) is 99.2 Å². The van der Waals surface area contributed by atoms with Crippen LogP contribution in [-0.2, 0) is 0 Å². The van der Waals surface area contributed by atoms with Crippen LogP contribution in [-0.4, -0.2) is 52.8 Å². The van der Waals surface area contributed by atoms with Crippen LogP contribution >= 0.6 is 0 Å². The number of benzene rings is 1. The number of oxime groups is 1. The van der Waals surface area contributed by atoms with Gasteiger partial charge in [0.15, 0.2) is 5.84 Å². The van der Waals surface area contributed by atoms with Crippen molar-refractivity contribution in [3.8, 4) is 0 Å². The SMILES string of the molecule is N/C(=N/O)c1cccc(C(=O)N(CCO)CC(F)(F)F)c1. The molecule has 0 bridgehead atoms. The standard InChI is InChI=1S/C12H14F3N3O3/c13-12(14,15)7-18(4-5-19)11(20)9-3-1-2-8(6-9)10(16)17-21/h1-3,6,19,21H,4-5,7H2,(H2,16,17). The van der Waals surface area contributed by atoms with Crippen LogP contribution < -0.4 is 5.73 Å². The van der Waals surface area contributed by atoms with E-state index in [0.29, 0.717) is 4.90 Å². The Kier molecular flexibility index (Phi) is 5.53. The lowest BCUT2D eigenvalue weighted by atomic mass is 10.1. The van der Waals surface area contributed by atoms with Crippen LogP contribution in [0.1, 0.15) is 15.9 Å². The molecule has 0 aliphatic carbocycles. The molecule has 0 fully saturated rings. The molecule has 116 valence electrons. The van der Waals surface area contributed by atoms with E-state index in [0.717, 1.165) is 0 Å². The first-order chi connectivity index (χ1) is 9.78. The summed E-state index contributed by atoms with van der Waals surface area (Å²) < 4.78 is 37.3. The van der Waals surface area contributed by atoms with Crippen molar-refractivity contribution in [2.75, 3.05) is 19.7 Å². The van der Waals surface area contributed by atoms with Crippen LogP contribution in [0.2, 0.25) is 0 Å². The van der Waals surface area contributed by atoms with E-state index in [1.54, 1.807) is 0 Å². The van der Waals surface area contributed by atoms with E-state index in [9.17, 15) is 18.0 Å². The quantitative estimate of drug-likeness (QED) is 0.324. The Morgan fingerprint density at radius 3 is 2.48 bits per heavy atom. The smallest absolute Gasteiger partial charge is 0.406 e. The van der Waals surface area contributed by atoms with Crippen LogP contribution in [0.5, 0.6) is 0 Å². The number of nitrogens with two attached hydrogens (primary N) is 1. The number of amides is 1. The molecule has 1 aromatic carbocycles. The van der Waals surface area contributed by atoms with Crippen molar-refractivity contribution >= 4 is 11.7 Å². The first-order valence-electron chi connectivity index (χ1n) is 5.83. The van der Waals surface area contributed by atoms with E-state index in [1.165, 1.54) is 24.3 Å². The third kappa shape index (κ3) is 4.95. The van der Waals surface area contributed by atoms with Crippen molar-refractivity contribution in [3.63, 3.8) is 0 Å². The first kappa shape index (κ1) is 16.8. The first-order valence-corrected chi connectivity index (χ1v) is 5.83. The molecule has 9 heteroatoms. The molecule has 6 nitrogen and oxygen atoms in total. The van der Waals surface area contributed by atoms with Gasteiger partial charge in [-0.3, -0.25) is 4.79 Å². The summed E-state index contributed by atoms with van der Waals surface area (Å²) in [6.45, 7) is -2.52. The Morgan fingerprint density at radius 1 is 1.33 bits per heavy atom. The van der Waals surface area contributed by atoms with Gasteiger partial charge >= 0.3 is 6.18 Å². The molecule has 0 saturated heterocycles. The van der Waals surface area contributed by atoms with Crippen LogP contribution in [0.4, 0.5) is 13.2 Å². The average Bonchev–Trinajstić information content (AvgIpc) is 2.44. The number of hydrogen-bond donors (Lipinski definition) is 3. The molecule has 0 saturated carbocycles. The monoisotopic (exact) mass is 305 g/mol. The zero-order chi connectivity index (χ0) is 16.0. The van der Waals surface area contributed by atoms with Gasteiger partial charge in [-0.15, -0.1) is 0 Å². The minimum absolute atomic E-state index is 0.0585. The zero-order valence-electron chi connectivity index (χ0n) is 10.8. The number of amidine groups is 1. The number of aliphatic hydroxyl groups excluding tert-OH is 1. The maximum Gasteiger partial charge on any atom is 0.406 e. The number of rotatable bonds is 5. The lowest BCUT2D eigenvalue weighted by Crippen LogP contribution is -2.40. The Morgan fingerprint density at radius 2 is 1.95 bits per heavy atom. The summed E-state index contributed by atoms with van der Waals surface area (Å²) in [5.41, 5.74) is 5.49. The molecule has 0 atom stereocenters. The summed E-state index contributed by atoms with van der Waals surface area (Å²) in [6.07, 6.45) is -4.58. The van der Waals surface area contributed by atoms with Gasteiger partial charge in [0.2, 0.25) is 0 Å². The number of aliphatic hydroxyl groups is 1. The summed E-state index contributed by atoms with van der Waals surface area (Å²) in [4.78, 5) is 12.5. The van der Waals surface area contributed by atoms with Gasteiger partial charge in [0.05, 0.1) is 6.61 Å². The second-order valence-corrected chi connectivity index (χ2v) is 4.13. The molecule has 0 aliphatic heterocycles. The third-order valence-corrected chi connectivity index (χ3v) is 2.54. The maximum atomic E-state index is 12.4.